The van der Waals surface area contributed by atoms with Crippen LogP contribution in [0.5, 0.6) is 0 Å². The molecular formula is C20H40N2O2. The molecule has 0 aromatic heterocycles. The minimum atomic E-state index is -0.433. The van der Waals surface area contributed by atoms with Crippen molar-refractivity contribution >= 4 is 6.09 Å². The number of nitrogens with zero attached hydrogens (tertiary/aromatic N) is 1. The fraction of sp³-hybridized carbons (Fsp3) is 0.950. The number of carbonyl (C=O) groups is 1. The zero-order valence-corrected chi connectivity index (χ0v) is 16.9. The van der Waals surface area contributed by atoms with Gasteiger partial charge in [0.15, 0.2) is 0 Å². The molecule has 24 heavy (non-hydrogen) atoms. The van der Waals surface area contributed by atoms with Crippen molar-refractivity contribution in [2.45, 2.75) is 104 Å². The Morgan fingerprint density at radius 1 is 1.17 bits per heavy atom. The van der Waals surface area contributed by atoms with Crippen LogP contribution in [0.1, 0.15) is 86.5 Å². The summed E-state index contributed by atoms with van der Waals surface area (Å²) in [5, 5.41) is 3.59. The molecular weight excluding hydrogens is 300 g/mol. The van der Waals surface area contributed by atoms with E-state index in [1.54, 1.807) is 0 Å². The molecule has 1 amide bonds. The lowest BCUT2D eigenvalue weighted by Crippen LogP contribution is -2.47. The van der Waals surface area contributed by atoms with Crippen LogP contribution in [0.15, 0.2) is 0 Å². The van der Waals surface area contributed by atoms with Crippen molar-refractivity contribution in [3.63, 3.8) is 0 Å². The molecule has 1 aliphatic rings. The smallest absolute Gasteiger partial charge is 0.410 e. The van der Waals surface area contributed by atoms with Crippen LogP contribution in [0, 0.1) is 5.92 Å². The number of hydrogen-bond donors (Lipinski definition) is 1. The van der Waals surface area contributed by atoms with E-state index in [4.69, 9.17) is 4.74 Å². The van der Waals surface area contributed by atoms with Gasteiger partial charge in [0, 0.05) is 25.2 Å². The first-order valence-corrected chi connectivity index (χ1v) is 9.97. The van der Waals surface area contributed by atoms with E-state index in [1.807, 2.05) is 25.7 Å². The quantitative estimate of drug-likeness (QED) is 0.665. The van der Waals surface area contributed by atoms with E-state index in [1.165, 1.54) is 32.1 Å². The van der Waals surface area contributed by atoms with Crippen LogP contribution in [-0.2, 0) is 4.74 Å². The fourth-order valence-corrected chi connectivity index (χ4v) is 3.28. The summed E-state index contributed by atoms with van der Waals surface area (Å²) in [4.78, 5) is 14.7. The summed E-state index contributed by atoms with van der Waals surface area (Å²) in [5.41, 5.74) is -0.433. The van der Waals surface area contributed by atoms with Gasteiger partial charge in [-0.2, -0.15) is 0 Å². The third kappa shape index (κ3) is 7.87. The van der Waals surface area contributed by atoms with Crippen molar-refractivity contribution < 1.29 is 9.53 Å². The number of rotatable bonds is 7. The van der Waals surface area contributed by atoms with E-state index < -0.39 is 5.60 Å². The van der Waals surface area contributed by atoms with Crippen LogP contribution in [-0.4, -0.2) is 41.8 Å². The van der Waals surface area contributed by atoms with E-state index in [0.717, 1.165) is 25.9 Å². The summed E-state index contributed by atoms with van der Waals surface area (Å²) in [6, 6.07) is 0.813. The molecule has 2 atom stereocenters. The summed E-state index contributed by atoms with van der Waals surface area (Å²) in [6.07, 6.45) is 8.28. The van der Waals surface area contributed by atoms with Crippen molar-refractivity contribution in [3.8, 4) is 0 Å². The fourth-order valence-electron chi connectivity index (χ4n) is 3.28. The van der Waals surface area contributed by atoms with Gasteiger partial charge in [0.1, 0.15) is 5.60 Å². The van der Waals surface area contributed by atoms with Gasteiger partial charge in [0.05, 0.1) is 0 Å². The molecule has 1 saturated carbocycles. The van der Waals surface area contributed by atoms with Gasteiger partial charge in [-0.3, -0.25) is 0 Å². The monoisotopic (exact) mass is 340 g/mol. The van der Waals surface area contributed by atoms with Crippen LogP contribution < -0.4 is 5.32 Å². The lowest BCUT2D eigenvalue weighted by atomic mass is 10.0. The van der Waals surface area contributed by atoms with E-state index >= 15 is 0 Å². The Bertz CT molecular complexity index is 357. The molecule has 4 heteroatoms. The molecule has 1 fully saturated rings. The van der Waals surface area contributed by atoms with Crippen molar-refractivity contribution in [1.29, 1.82) is 0 Å². The Balaban J connectivity index is 2.64. The minimum Gasteiger partial charge on any atom is -0.444 e. The Morgan fingerprint density at radius 2 is 1.75 bits per heavy atom. The van der Waals surface area contributed by atoms with Gasteiger partial charge in [-0.05, 0) is 46.5 Å². The Kier molecular flexibility index (Phi) is 9.11. The Hall–Kier alpha value is -0.770. The Morgan fingerprint density at radius 3 is 2.25 bits per heavy atom. The third-order valence-electron chi connectivity index (χ3n) is 5.21. The maximum atomic E-state index is 12.7. The van der Waals surface area contributed by atoms with Crippen molar-refractivity contribution in [3.05, 3.63) is 0 Å². The van der Waals surface area contributed by atoms with E-state index in [0.29, 0.717) is 18.0 Å². The molecule has 0 aromatic rings. The van der Waals surface area contributed by atoms with Gasteiger partial charge < -0.3 is 15.0 Å². The van der Waals surface area contributed by atoms with Gasteiger partial charge in [-0.15, -0.1) is 0 Å². The number of hydrogen-bond acceptors (Lipinski definition) is 3. The number of ether oxygens (including phenoxy) is 1. The molecule has 142 valence electrons. The molecule has 0 bridgehead atoms. The zero-order chi connectivity index (χ0) is 18.2. The Labute approximate surface area is 149 Å². The lowest BCUT2D eigenvalue weighted by molar-refractivity contribution is 0.0145. The van der Waals surface area contributed by atoms with Gasteiger partial charge in [-0.25, -0.2) is 4.79 Å². The van der Waals surface area contributed by atoms with Crippen LogP contribution in [0.4, 0.5) is 4.79 Å². The van der Waals surface area contributed by atoms with Gasteiger partial charge in [0.25, 0.3) is 0 Å². The van der Waals surface area contributed by atoms with Gasteiger partial charge in [0.2, 0.25) is 0 Å². The second-order valence-corrected chi connectivity index (χ2v) is 8.45. The maximum absolute atomic E-state index is 12.7. The zero-order valence-electron chi connectivity index (χ0n) is 16.9. The van der Waals surface area contributed by atoms with E-state index in [2.05, 4.69) is 26.1 Å². The van der Waals surface area contributed by atoms with E-state index in [9.17, 15) is 4.79 Å². The molecule has 0 aliphatic heterocycles. The molecule has 4 nitrogen and oxygen atoms in total. The molecule has 0 heterocycles. The number of nitrogens with one attached hydrogen (secondary N) is 1. The first-order valence-electron chi connectivity index (χ1n) is 9.97. The first kappa shape index (κ1) is 21.3. The lowest BCUT2D eigenvalue weighted by Gasteiger charge is -2.34. The average molecular weight is 341 g/mol. The van der Waals surface area contributed by atoms with Gasteiger partial charge >= 0.3 is 6.09 Å². The number of amides is 1. The molecule has 1 N–H and O–H groups in total. The van der Waals surface area contributed by atoms with Crippen LogP contribution in [0.3, 0.4) is 0 Å². The molecule has 1 rings (SSSR count). The van der Waals surface area contributed by atoms with Crippen LogP contribution in [0.25, 0.3) is 0 Å². The molecule has 0 radical (unpaired) electrons. The molecule has 1 aliphatic carbocycles. The van der Waals surface area contributed by atoms with Crippen molar-refractivity contribution in [1.82, 2.24) is 10.2 Å². The molecule has 0 aromatic carbocycles. The van der Waals surface area contributed by atoms with Crippen LogP contribution in [0.2, 0.25) is 0 Å². The standard InChI is InChI=1S/C20H40N2O2/c1-7-16(2)17(3)21-14-15-22(19(23)24-20(4,5)6)18-12-10-8-9-11-13-18/h16-18,21H,7-15H2,1-6H3. The van der Waals surface area contributed by atoms with Crippen LogP contribution >= 0.6 is 0 Å². The highest BCUT2D eigenvalue weighted by atomic mass is 16.6. The predicted molar refractivity (Wildman–Crippen MR) is 101 cm³/mol. The average Bonchev–Trinajstić information content (AvgIpc) is 2.77. The van der Waals surface area contributed by atoms with Crippen molar-refractivity contribution in [2.24, 2.45) is 5.92 Å². The number of carbonyl (C=O) groups excluding carboxylic acids is 1. The third-order valence-corrected chi connectivity index (χ3v) is 5.21. The summed E-state index contributed by atoms with van der Waals surface area (Å²) in [7, 11) is 0. The highest BCUT2D eigenvalue weighted by Gasteiger charge is 2.28. The topological polar surface area (TPSA) is 41.6 Å². The predicted octanol–water partition coefficient (Wildman–Crippen LogP) is 4.97. The van der Waals surface area contributed by atoms with E-state index in [-0.39, 0.29) is 6.09 Å². The summed E-state index contributed by atoms with van der Waals surface area (Å²) in [5.74, 6) is 0.651. The van der Waals surface area contributed by atoms with Gasteiger partial charge in [-0.1, -0.05) is 46.0 Å². The normalized spacial score (nSPS) is 19.4. The SMILES string of the molecule is CCC(C)C(C)NCCN(C(=O)OC(C)(C)C)C1CCCCCC1. The maximum Gasteiger partial charge on any atom is 0.410 e. The largest absolute Gasteiger partial charge is 0.444 e. The second kappa shape index (κ2) is 10.3. The summed E-state index contributed by atoms with van der Waals surface area (Å²) >= 11 is 0. The first-order chi connectivity index (χ1) is 11.2. The summed E-state index contributed by atoms with van der Waals surface area (Å²) < 4.78 is 5.68. The van der Waals surface area contributed by atoms with Crippen molar-refractivity contribution in [2.75, 3.05) is 13.1 Å². The molecule has 0 saturated heterocycles. The highest BCUT2D eigenvalue weighted by Crippen LogP contribution is 2.23. The second-order valence-electron chi connectivity index (χ2n) is 8.45. The molecule has 0 spiro atoms. The highest BCUT2D eigenvalue weighted by molar-refractivity contribution is 5.68. The minimum absolute atomic E-state index is 0.146. The summed E-state index contributed by atoms with van der Waals surface area (Å²) in [6.45, 7) is 14.1. The molecule has 2 unspecified atom stereocenters.